The van der Waals surface area contributed by atoms with Gasteiger partial charge in [-0.25, -0.2) is 8.42 Å². The first-order valence-corrected chi connectivity index (χ1v) is 11.5. The van der Waals surface area contributed by atoms with Gasteiger partial charge in [0.15, 0.2) is 0 Å². The molecule has 156 valence electrons. The SMILES string of the molecule is Cc1cc(NC(=O)CNc2ccc(C)c(S(=O)(=O)N3CCOCC3)c2)ccc1Br. The number of aryl methyl sites for hydroxylation is 2. The Morgan fingerprint density at radius 2 is 1.76 bits per heavy atom. The Bertz CT molecular complexity index is 1000. The number of nitrogens with zero attached hydrogens (tertiary/aromatic N) is 1. The van der Waals surface area contributed by atoms with Crippen LogP contribution in [0.4, 0.5) is 11.4 Å². The average Bonchev–Trinajstić information content (AvgIpc) is 2.70. The Morgan fingerprint density at radius 1 is 1.07 bits per heavy atom. The van der Waals surface area contributed by atoms with Gasteiger partial charge in [-0.2, -0.15) is 4.31 Å². The number of ether oxygens (including phenoxy) is 1. The molecule has 0 aliphatic carbocycles. The largest absolute Gasteiger partial charge is 0.379 e. The fourth-order valence-corrected chi connectivity index (χ4v) is 4.93. The molecule has 2 aromatic carbocycles. The summed E-state index contributed by atoms with van der Waals surface area (Å²) >= 11 is 3.43. The van der Waals surface area contributed by atoms with E-state index in [1.807, 2.05) is 25.1 Å². The lowest BCUT2D eigenvalue weighted by molar-refractivity contribution is -0.114. The third-order valence-corrected chi connectivity index (χ3v) is 7.60. The van der Waals surface area contributed by atoms with Gasteiger partial charge in [0.05, 0.1) is 24.7 Å². The van der Waals surface area contributed by atoms with Gasteiger partial charge in [0.1, 0.15) is 0 Å². The summed E-state index contributed by atoms with van der Waals surface area (Å²) in [6, 6.07) is 10.7. The summed E-state index contributed by atoms with van der Waals surface area (Å²) < 4.78 is 33.6. The summed E-state index contributed by atoms with van der Waals surface area (Å²) in [6.45, 7) is 5.20. The summed E-state index contributed by atoms with van der Waals surface area (Å²) in [5.74, 6) is -0.218. The number of rotatable bonds is 6. The predicted molar refractivity (Wildman–Crippen MR) is 117 cm³/mol. The summed E-state index contributed by atoms with van der Waals surface area (Å²) in [4.78, 5) is 12.5. The lowest BCUT2D eigenvalue weighted by Gasteiger charge is -2.27. The maximum absolute atomic E-state index is 13.0. The standard InChI is InChI=1S/C20H24BrN3O4S/c1-14-3-4-16(12-19(14)29(26,27)24-7-9-28-10-8-24)22-13-20(25)23-17-5-6-18(21)15(2)11-17/h3-6,11-12,22H,7-10,13H2,1-2H3,(H,23,25). The van der Waals surface area contributed by atoms with Crippen LogP contribution in [-0.4, -0.2) is 51.5 Å². The number of halogens is 1. The van der Waals surface area contributed by atoms with Gasteiger partial charge in [-0.05, 0) is 55.3 Å². The summed E-state index contributed by atoms with van der Waals surface area (Å²) in [5.41, 5.74) is 2.96. The van der Waals surface area contributed by atoms with Crippen molar-refractivity contribution in [2.75, 3.05) is 43.5 Å². The third kappa shape index (κ3) is 5.36. The minimum atomic E-state index is -3.60. The number of nitrogens with one attached hydrogen (secondary N) is 2. The number of benzene rings is 2. The molecule has 1 fully saturated rings. The summed E-state index contributed by atoms with van der Waals surface area (Å²) in [6.07, 6.45) is 0. The molecule has 0 saturated carbocycles. The molecule has 0 spiro atoms. The van der Waals surface area contributed by atoms with E-state index in [-0.39, 0.29) is 17.3 Å². The molecule has 0 radical (unpaired) electrons. The second-order valence-electron chi connectivity index (χ2n) is 6.86. The van der Waals surface area contributed by atoms with E-state index in [1.54, 1.807) is 25.1 Å². The van der Waals surface area contributed by atoms with Gasteiger partial charge in [0.25, 0.3) is 0 Å². The van der Waals surface area contributed by atoms with Crippen LogP contribution in [-0.2, 0) is 19.6 Å². The number of carbonyl (C=O) groups is 1. The van der Waals surface area contributed by atoms with E-state index in [2.05, 4.69) is 26.6 Å². The van der Waals surface area contributed by atoms with Crippen LogP contribution < -0.4 is 10.6 Å². The van der Waals surface area contributed by atoms with Crippen molar-refractivity contribution in [2.45, 2.75) is 18.7 Å². The zero-order chi connectivity index (χ0) is 21.0. The van der Waals surface area contributed by atoms with E-state index >= 15 is 0 Å². The molecule has 1 aliphatic rings. The second kappa shape index (κ2) is 9.25. The fraction of sp³-hybridized carbons (Fsp3) is 0.350. The monoisotopic (exact) mass is 481 g/mol. The molecule has 3 rings (SSSR count). The molecule has 0 atom stereocenters. The normalized spacial score (nSPS) is 15.1. The van der Waals surface area contributed by atoms with Gasteiger partial charge in [0, 0.05) is 28.9 Å². The Labute approximate surface area is 179 Å². The Morgan fingerprint density at radius 3 is 2.45 bits per heavy atom. The lowest BCUT2D eigenvalue weighted by atomic mass is 10.2. The number of amides is 1. The molecule has 2 aromatic rings. The van der Waals surface area contributed by atoms with E-state index in [9.17, 15) is 13.2 Å². The van der Waals surface area contributed by atoms with Gasteiger partial charge >= 0.3 is 0 Å². The highest BCUT2D eigenvalue weighted by Gasteiger charge is 2.27. The first kappa shape index (κ1) is 21.8. The van der Waals surface area contributed by atoms with E-state index in [4.69, 9.17) is 4.74 Å². The van der Waals surface area contributed by atoms with Crippen molar-refractivity contribution in [1.82, 2.24) is 4.31 Å². The number of sulfonamides is 1. The van der Waals surface area contributed by atoms with E-state index in [0.29, 0.717) is 43.2 Å². The highest BCUT2D eigenvalue weighted by atomic mass is 79.9. The number of hydrogen-bond acceptors (Lipinski definition) is 5. The van der Waals surface area contributed by atoms with Gasteiger partial charge in [0.2, 0.25) is 15.9 Å². The zero-order valence-electron chi connectivity index (χ0n) is 16.4. The molecule has 2 N–H and O–H groups in total. The average molecular weight is 482 g/mol. The highest BCUT2D eigenvalue weighted by Crippen LogP contribution is 2.24. The van der Waals surface area contributed by atoms with Gasteiger partial charge < -0.3 is 15.4 Å². The van der Waals surface area contributed by atoms with Crippen molar-refractivity contribution < 1.29 is 17.9 Å². The highest BCUT2D eigenvalue weighted by molar-refractivity contribution is 9.10. The quantitative estimate of drug-likeness (QED) is 0.661. The topological polar surface area (TPSA) is 87.7 Å². The van der Waals surface area contributed by atoms with Crippen LogP contribution in [0.15, 0.2) is 45.8 Å². The molecule has 1 saturated heterocycles. The smallest absolute Gasteiger partial charge is 0.243 e. The second-order valence-corrected chi connectivity index (χ2v) is 9.62. The maximum atomic E-state index is 13.0. The van der Waals surface area contributed by atoms with E-state index in [0.717, 1.165) is 10.0 Å². The van der Waals surface area contributed by atoms with Gasteiger partial charge in [-0.3, -0.25) is 4.79 Å². The minimum absolute atomic E-state index is 0.0230. The third-order valence-electron chi connectivity index (χ3n) is 4.67. The van der Waals surface area contributed by atoms with Crippen LogP contribution in [0.25, 0.3) is 0 Å². The van der Waals surface area contributed by atoms with Crippen molar-refractivity contribution in [1.29, 1.82) is 0 Å². The van der Waals surface area contributed by atoms with Crippen LogP contribution in [0.2, 0.25) is 0 Å². The lowest BCUT2D eigenvalue weighted by Crippen LogP contribution is -2.40. The van der Waals surface area contributed by atoms with Crippen LogP contribution in [0.1, 0.15) is 11.1 Å². The van der Waals surface area contributed by atoms with Gasteiger partial charge in [-0.1, -0.05) is 22.0 Å². The molecule has 1 amide bonds. The van der Waals surface area contributed by atoms with Crippen LogP contribution in [0.5, 0.6) is 0 Å². The molecule has 0 unspecified atom stereocenters. The van der Waals surface area contributed by atoms with E-state index in [1.165, 1.54) is 4.31 Å². The molecular weight excluding hydrogens is 458 g/mol. The first-order valence-electron chi connectivity index (χ1n) is 9.26. The molecule has 0 bridgehead atoms. The molecular formula is C20H24BrN3O4S. The molecule has 1 aliphatic heterocycles. The van der Waals surface area contributed by atoms with E-state index < -0.39 is 10.0 Å². The van der Waals surface area contributed by atoms with Crippen molar-refractivity contribution >= 4 is 43.2 Å². The van der Waals surface area contributed by atoms with Crippen LogP contribution in [0, 0.1) is 13.8 Å². The van der Waals surface area contributed by atoms with Crippen molar-refractivity contribution in [3.8, 4) is 0 Å². The molecule has 9 heteroatoms. The Kier molecular flexibility index (Phi) is 6.94. The number of carbonyl (C=O) groups excluding carboxylic acids is 1. The minimum Gasteiger partial charge on any atom is -0.379 e. The molecule has 0 aromatic heterocycles. The summed E-state index contributed by atoms with van der Waals surface area (Å²) in [5, 5.41) is 5.83. The molecule has 7 nitrogen and oxygen atoms in total. The maximum Gasteiger partial charge on any atom is 0.243 e. The van der Waals surface area contributed by atoms with Gasteiger partial charge in [-0.15, -0.1) is 0 Å². The van der Waals surface area contributed by atoms with Crippen LogP contribution in [0.3, 0.4) is 0 Å². The predicted octanol–water partition coefficient (Wildman–Crippen LogP) is 3.14. The number of anilines is 2. The van der Waals surface area contributed by atoms with Crippen molar-refractivity contribution in [3.63, 3.8) is 0 Å². The summed E-state index contributed by atoms with van der Waals surface area (Å²) in [7, 11) is -3.60. The Balaban J connectivity index is 1.67. The fourth-order valence-electron chi connectivity index (χ4n) is 3.02. The zero-order valence-corrected chi connectivity index (χ0v) is 18.8. The van der Waals surface area contributed by atoms with Crippen molar-refractivity contribution in [2.24, 2.45) is 0 Å². The first-order chi connectivity index (χ1) is 13.8. The molecule has 1 heterocycles. The molecule has 29 heavy (non-hydrogen) atoms. The number of morpholine rings is 1. The number of hydrogen-bond donors (Lipinski definition) is 2. The van der Waals surface area contributed by atoms with Crippen molar-refractivity contribution in [3.05, 3.63) is 52.0 Å². The Hall–Kier alpha value is -1.94. The van der Waals surface area contributed by atoms with Crippen LogP contribution >= 0.6 is 15.9 Å².